The number of aliphatic imine (C=N–C) groups is 1. The van der Waals surface area contributed by atoms with E-state index in [2.05, 4.69) is 35.9 Å². The largest absolute Gasteiger partial charge is 0.382 e. The summed E-state index contributed by atoms with van der Waals surface area (Å²) in [5.41, 5.74) is 21.5. The zero-order valence-electron chi connectivity index (χ0n) is 20.4. The zero-order chi connectivity index (χ0) is 26.9. The fraction of sp³-hybridized carbons (Fsp3) is 0.409. The van der Waals surface area contributed by atoms with Crippen molar-refractivity contribution in [2.75, 3.05) is 42.8 Å². The van der Waals surface area contributed by atoms with Crippen molar-refractivity contribution in [3.05, 3.63) is 40.7 Å². The number of likely N-dealkylation sites (tertiary alicyclic amines) is 1. The van der Waals surface area contributed by atoms with Crippen LogP contribution in [-0.2, 0) is 11.3 Å². The lowest BCUT2D eigenvalue weighted by Gasteiger charge is -2.30. The van der Waals surface area contributed by atoms with Crippen LogP contribution < -0.4 is 38.4 Å². The Morgan fingerprint density at radius 2 is 1.84 bits per heavy atom. The first kappa shape index (κ1) is 27.9. The van der Waals surface area contributed by atoms with Gasteiger partial charge in [0.25, 0.3) is 5.91 Å². The van der Waals surface area contributed by atoms with Gasteiger partial charge in [-0.1, -0.05) is 23.7 Å². The number of carbonyl (C=O) groups excluding carboxylic acids is 2. The van der Waals surface area contributed by atoms with Gasteiger partial charge in [-0.15, -0.1) is 0 Å². The van der Waals surface area contributed by atoms with Crippen LogP contribution in [0.4, 0.5) is 17.3 Å². The number of guanidine groups is 1. The molecule has 0 unspecified atom stereocenters. The molecule has 2 amide bonds. The van der Waals surface area contributed by atoms with Gasteiger partial charge in [0.1, 0.15) is 0 Å². The average Bonchev–Trinajstić information content (AvgIpc) is 2.85. The molecule has 0 atom stereocenters. The molecule has 200 valence electrons. The second-order valence-corrected chi connectivity index (χ2v) is 8.84. The Morgan fingerprint density at radius 1 is 1.16 bits per heavy atom. The van der Waals surface area contributed by atoms with Gasteiger partial charge in [0, 0.05) is 39.6 Å². The smallest absolute Gasteiger partial charge is 0.280 e. The Bertz CT molecular complexity index is 1120. The molecule has 1 aliphatic rings. The molecule has 0 bridgehead atoms. The molecule has 0 saturated carbocycles. The quantitative estimate of drug-likeness (QED) is 0.0972. The van der Waals surface area contributed by atoms with Crippen LogP contribution in [0.3, 0.4) is 0 Å². The Kier molecular flexibility index (Phi) is 9.79. The van der Waals surface area contributed by atoms with Crippen LogP contribution in [0.15, 0.2) is 29.3 Å². The topological polar surface area (TPSA) is 213 Å². The van der Waals surface area contributed by atoms with Gasteiger partial charge < -0.3 is 22.5 Å². The molecule has 1 saturated heterocycles. The molecular weight excluding hydrogens is 502 g/mol. The molecule has 3 rings (SSSR count). The fourth-order valence-electron chi connectivity index (χ4n) is 3.71. The number of rotatable bonds is 9. The van der Waals surface area contributed by atoms with E-state index in [9.17, 15) is 14.8 Å². The minimum Gasteiger partial charge on any atom is -0.382 e. The molecule has 0 radical (unpaired) electrons. The van der Waals surface area contributed by atoms with Crippen molar-refractivity contribution in [2.24, 2.45) is 10.7 Å². The molecule has 14 nitrogen and oxygen atoms in total. The van der Waals surface area contributed by atoms with E-state index in [0.717, 1.165) is 43.2 Å². The zero-order valence-corrected chi connectivity index (χ0v) is 21.2. The van der Waals surface area contributed by atoms with E-state index in [1.165, 1.54) is 6.92 Å². The number of halogens is 1. The lowest BCUT2D eigenvalue weighted by atomic mass is 10.0. The summed E-state index contributed by atoms with van der Waals surface area (Å²) in [6.07, 6.45) is 1.54. The molecule has 0 aliphatic carbocycles. The van der Waals surface area contributed by atoms with Crippen LogP contribution in [-0.4, -0.2) is 70.1 Å². The van der Waals surface area contributed by atoms with Gasteiger partial charge in [-0.05, 0) is 30.5 Å². The first-order chi connectivity index (χ1) is 17.6. The summed E-state index contributed by atoms with van der Waals surface area (Å²) in [7, 11) is 0. The van der Waals surface area contributed by atoms with Crippen molar-refractivity contribution in [1.29, 1.82) is 0 Å². The van der Waals surface area contributed by atoms with Crippen molar-refractivity contribution in [3.63, 3.8) is 0 Å². The van der Waals surface area contributed by atoms with Crippen LogP contribution in [0.25, 0.3) is 0 Å². The predicted molar refractivity (Wildman–Crippen MR) is 141 cm³/mol. The molecule has 1 fully saturated rings. The van der Waals surface area contributed by atoms with E-state index >= 15 is 0 Å². The summed E-state index contributed by atoms with van der Waals surface area (Å²) < 4.78 is 0. The van der Waals surface area contributed by atoms with Crippen LogP contribution in [0.5, 0.6) is 0 Å². The number of piperidine rings is 1. The number of nitrogens with two attached hydrogens (primary N) is 3. The third-order valence-corrected chi connectivity index (χ3v) is 5.87. The van der Waals surface area contributed by atoms with Crippen molar-refractivity contribution < 1.29 is 14.8 Å². The lowest BCUT2D eigenvalue weighted by molar-refractivity contribution is -0.118. The Balaban J connectivity index is 1.44. The number of nitrogen functional groups attached to an aromatic ring is 2. The number of aromatic nitrogens is 2. The number of nitrogens with zero attached hydrogens (tertiary/aromatic N) is 5. The van der Waals surface area contributed by atoms with E-state index in [4.69, 9.17) is 28.8 Å². The first-order valence-electron chi connectivity index (χ1n) is 11.6. The highest BCUT2D eigenvalue weighted by Gasteiger charge is 2.21. The molecule has 0 spiro atoms. The van der Waals surface area contributed by atoms with E-state index in [0.29, 0.717) is 18.8 Å². The third kappa shape index (κ3) is 8.42. The molecule has 1 aromatic carbocycles. The molecule has 10 N–H and O–H groups in total. The normalized spacial score (nSPS) is 14.8. The Labute approximate surface area is 219 Å². The van der Waals surface area contributed by atoms with Crippen LogP contribution in [0.2, 0.25) is 5.15 Å². The number of benzene rings is 1. The second-order valence-electron chi connectivity index (χ2n) is 8.48. The van der Waals surface area contributed by atoms with Gasteiger partial charge in [-0.3, -0.25) is 25.0 Å². The molecule has 15 heteroatoms. The maximum absolute atomic E-state index is 12.4. The number of carbonyl (C=O) groups is 2. The minimum atomic E-state index is -0.668. The summed E-state index contributed by atoms with van der Waals surface area (Å²) in [6, 6.07) is 7.48. The summed E-state index contributed by atoms with van der Waals surface area (Å²) in [5, 5.41) is 16.0. The fourth-order valence-corrected chi connectivity index (χ4v) is 3.84. The number of nitrogens with one attached hydrogen (secondary N) is 3. The lowest BCUT2D eigenvalue weighted by Crippen LogP contribution is -2.41. The van der Waals surface area contributed by atoms with Crippen molar-refractivity contribution in [1.82, 2.24) is 30.9 Å². The number of anilines is 3. The number of amides is 2. The van der Waals surface area contributed by atoms with E-state index < -0.39 is 5.91 Å². The van der Waals surface area contributed by atoms with Crippen LogP contribution >= 0.6 is 11.6 Å². The van der Waals surface area contributed by atoms with Crippen LogP contribution in [0.1, 0.15) is 35.8 Å². The maximum Gasteiger partial charge on any atom is 0.280 e. The Morgan fingerprint density at radius 3 is 2.49 bits per heavy atom. The standard InChI is InChI=1S/C22H32ClN11O3/c1-13(35)27-8-9-28-34(37)16-4-2-14(3-5-16)12-33-10-6-15(7-11-33)29-22(26)32-21(36)17-19(24)31-20(25)18(23)30-17/h2-5,15,28,37H,6-12H2,1H3,(H,27,35)(H4,24,25,31)(H3,26,29,32,36). The highest BCUT2D eigenvalue weighted by molar-refractivity contribution is 6.31. The molecule has 2 heterocycles. The van der Waals surface area contributed by atoms with E-state index in [1.54, 1.807) is 0 Å². The molecule has 37 heavy (non-hydrogen) atoms. The van der Waals surface area contributed by atoms with E-state index in [1.807, 2.05) is 24.3 Å². The third-order valence-electron chi connectivity index (χ3n) is 5.59. The number of hydrogen-bond donors (Lipinski definition) is 7. The summed E-state index contributed by atoms with van der Waals surface area (Å²) >= 11 is 5.82. The maximum atomic E-state index is 12.4. The average molecular weight is 534 g/mol. The Hall–Kier alpha value is -3.72. The molecule has 1 aliphatic heterocycles. The molecule has 2 aromatic rings. The number of hydrogen-bond acceptors (Lipinski definition) is 11. The highest BCUT2D eigenvalue weighted by Crippen LogP contribution is 2.19. The second kappa shape index (κ2) is 13.0. The SMILES string of the molecule is CC(=O)NCCNN(O)c1ccc(CN2CCC(N=C(N)NC(=O)c3nc(Cl)c(N)nc3N)CC2)cc1. The number of hydrazine groups is 1. The van der Waals surface area contributed by atoms with Crippen molar-refractivity contribution in [2.45, 2.75) is 32.4 Å². The predicted octanol–water partition coefficient (Wildman–Crippen LogP) is -0.160. The summed E-state index contributed by atoms with van der Waals surface area (Å²) in [6.45, 7) is 4.60. The van der Waals surface area contributed by atoms with Crippen molar-refractivity contribution >= 4 is 46.7 Å². The van der Waals surface area contributed by atoms with Gasteiger partial charge in [0.15, 0.2) is 28.4 Å². The monoisotopic (exact) mass is 533 g/mol. The van der Waals surface area contributed by atoms with Gasteiger partial charge in [-0.25, -0.2) is 20.4 Å². The van der Waals surface area contributed by atoms with Crippen molar-refractivity contribution in [3.8, 4) is 0 Å². The molecular formula is C22H32ClN11O3. The van der Waals surface area contributed by atoms with Gasteiger partial charge in [0.2, 0.25) is 5.91 Å². The summed E-state index contributed by atoms with van der Waals surface area (Å²) in [4.78, 5) is 37.6. The molecule has 1 aromatic heterocycles. The first-order valence-corrected chi connectivity index (χ1v) is 12.0. The van der Waals surface area contributed by atoms with Crippen LogP contribution in [0, 0.1) is 0 Å². The van der Waals surface area contributed by atoms with Gasteiger partial charge >= 0.3 is 0 Å². The highest BCUT2D eigenvalue weighted by atomic mass is 35.5. The van der Waals surface area contributed by atoms with E-state index in [-0.39, 0.29) is 40.4 Å². The minimum absolute atomic E-state index is 0.0348. The summed E-state index contributed by atoms with van der Waals surface area (Å²) in [5.74, 6) is -1.05. The van der Waals surface area contributed by atoms with Gasteiger partial charge in [0.05, 0.1) is 11.7 Å². The van der Waals surface area contributed by atoms with Gasteiger partial charge in [-0.2, -0.15) is 5.17 Å².